The summed E-state index contributed by atoms with van der Waals surface area (Å²) in [7, 11) is 0. The van der Waals surface area contributed by atoms with Gasteiger partial charge in [-0.3, -0.25) is 0 Å². The SMILES string of the molecule is CCCC1CCC(CC(F)COc2ccc(-c3ccc(OCC)cc3)c(F)c2F)CC1. The van der Waals surface area contributed by atoms with Crippen molar-refractivity contribution in [2.45, 2.75) is 65.0 Å². The highest BCUT2D eigenvalue weighted by molar-refractivity contribution is 5.66. The van der Waals surface area contributed by atoms with Crippen molar-refractivity contribution in [3.8, 4) is 22.6 Å². The monoisotopic (exact) mass is 434 g/mol. The third-order valence-electron chi connectivity index (χ3n) is 6.20. The van der Waals surface area contributed by atoms with E-state index in [9.17, 15) is 13.2 Å². The van der Waals surface area contributed by atoms with Gasteiger partial charge in [0.15, 0.2) is 11.6 Å². The van der Waals surface area contributed by atoms with Crippen molar-refractivity contribution in [1.29, 1.82) is 0 Å². The Bertz CT molecular complexity index is 814. The van der Waals surface area contributed by atoms with E-state index >= 15 is 0 Å². The molecule has 1 saturated carbocycles. The average Bonchev–Trinajstić information content (AvgIpc) is 2.77. The van der Waals surface area contributed by atoms with Gasteiger partial charge < -0.3 is 9.47 Å². The smallest absolute Gasteiger partial charge is 0.201 e. The van der Waals surface area contributed by atoms with Gasteiger partial charge in [0.25, 0.3) is 0 Å². The van der Waals surface area contributed by atoms with Gasteiger partial charge in [-0.05, 0) is 55.0 Å². The van der Waals surface area contributed by atoms with Crippen molar-refractivity contribution in [2.24, 2.45) is 11.8 Å². The fourth-order valence-corrected chi connectivity index (χ4v) is 4.54. The molecule has 2 aromatic rings. The van der Waals surface area contributed by atoms with Crippen LogP contribution in [-0.4, -0.2) is 19.4 Å². The second-order valence-corrected chi connectivity index (χ2v) is 8.52. The van der Waals surface area contributed by atoms with Gasteiger partial charge in [0.05, 0.1) is 6.61 Å². The highest BCUT2D eigenvalue weighted by Crippen LogP contribution is 2.35. The molecule has 0 aromatic heterocycles. The summed E-state index contributed by atoms with van der Waals surface area (Å²) >= 11 is 0. The Hall–Kier alpha value is -2.17. The van der Waals surface area contributed by atoms with Crippen LogP contribution in [0.25, 0.3) is 11.1 Å². The predicted molar refractivity (Wildman–Crippen MR) is 118 cm³/mol. The number of benzene rings is 2. The standard InChI is InChI=1S/C26H33F3O2/c1-3-5-18-6-8-19(9-7-18)16-21(27)17-31-24-15-14-23(25(28)26(24)29)20-10-12-22(13-11-20)30-4-2/h10-15,18-19,21H,3-9,16-17H2,1-2H3. The number of alkyl halides is 1. The van der Waals surface area contributed by atoms with Crippen LogP contribution in [0.2, 0.25) is 0 Å². The summed E-state index contributed by atoms with van der Waals surface area (Å²) in [5.74, 6) is -0.525. The molecule has 1 atom stereocenters. The molecule has 1 aliphatic rings. The lowest BCUT2D eigenvalue weighted by Crippen LogP contribution is -2.21. The maximum Gasteiger partial charge on any atom is 0.201 e. The van der Waals surface area contributed by atoms with Crippen molar-refractivity contribution in [1.82, 2.24) is 0 Å². The average molecular weight is 435 g/mol. The zero-order valence-corrected chi connectivity index (χ0v) is 18.5. The molecule has 31 heavy (non-hydrogen) atoms. The van der Waals surface area contributed by atoms with E-state index in [1.54, 1.807) is 24.3 Å². The molecular weight excluding hydrogens is 401 g/mol. The topological polar surface area (TPSA) is 18.5 Å². The Kier molecular flexibility index (Phi) is 8.68. The number of halogens is 3. The van der Waals surface area contributed by atoms with Crippen LogP contribution in [0.1, 0.15) is 58.8 Å². The Morgan fingerprint density at radius 3 is 2.19 bits per heavy atom. The molecule has 0 N–H and O–H groups in total. The van der Waals surface area contributed by atoms with Crippen LogP contribution in [-0.2, 0) is 0 Å². The quantitative estimate of drug-likeness (QED) is 0.381. The van der Waals surface area contributed by atoms with Crippen LogP contribution in [0.3, 0.4) is 0 Å². The Morgan fingerprint density at radius 2 is 1.55 bits per heavy atom. The summed E-state index contributed by atoms with van der Waals surface area (Å²) in [6, 6.07) is 9.61. The zero-order valence-electron chi connectivity index (χ0n) is 18.5. The molecule has 0 bridgehead atoms. The van der Waals surface area contributed by atoms with E-state index in [0.717, 1.165) is 18.8 Å². The molecule has 0 radical (unpaired) electrons. The molecule has 3 rings (SSSR count). The summed E-state index contributed by atoms with van der Waals surface area (Å²) in [6.07, 6.45) is 6.13. The molecular formula is C26H33F3O2. The maximum absolute atomic E-state index is 14.6. The molecule has 1 fully saturated rings. The predicted octanol–water partition coefficient (Wildman–Crippen LogP) is 7.74. The molecule has 170 valence electrons. The van der Waals surface area contributed by atoms with Gasteiger partial charge in [0, 0.05) is 5.56 Å². The summed E-state index contributed by atoms with van der Waals surface area (Å²) in [5.41, 5.74) is 0.669. The minimum absolute atomic E-state index is 0.133. The molecule has 2 aromatic carbocycles. The lowest BCUT2D eigenvalue weighted by atomic mass is 9.78. The minimum atomic E-state index is -1.18. The van der Waals surface area contributed by atoms with Crippen LogP contribution in [0.4, 0.5) is 13.2 Å². The summed E-state index contributed by atoms with van der Waals surface area (Å²) < 4.78 is 54.3. The van der Waals surface area contributed by atoms with Gasteiger partial charge in [0.1, 0.15) is 18.5 Å². The molecule has 0 aliphatic heterocycles. The van der Waals surface area contributed by atoms with Gasteiger partial charge in [-0.15, -0.1) is 0 Å². The third kappa shape index (κ3) is 6.41. The largest absolute Gasteiger partial charge is 0.494 e. The van der Waals surface area contributed by atoms with Gasteiger partial charge in [-0.1, -0.05) is 57.6 Å². The second-order valence-electron chi connectivity index (χ2n) is 8.52. The van der Waals surface area contributed by atoms with E-state index in [1.165, 1.54) is 37.8 Å². The Balaban J connectivity index is 1.54. The first-order valence-electron chi connectivity index (χ1n) is 11.5. The maximum atomic E-state index is 14.6. The first-order valence-corrected chi connectivity index (χ1v) is 11.5. The number of hydrogen-bond donors (Lipinski definition) is 0. The van der Waals surface area contributed by atoms with Crippen LogP contribution < -0.4 is 9.47 Å². The van der Waals surface area contributed by atoms with Crippen molar-refractivity contribution in [3.63, 3.8) is 0 Å². The molecule has 0 heterocycles. The van der Waals surface area contributed by atoms with E-state index in [1.807, 2.05) is 6.92 Å². The second kappa shape index (κ2) is 11.4. The van der Waals surface area contributed by atoms with E-state index in [2.05, 4.69) is 6.92 Å². The molecule has 1 unspecified atom stereocenters. The van der Waals surface area contributed by atoms with Crippen molar-refractivity contribution in [2.75, 3.05) is 13.2 Å². The van der Waals surface area contributed by atoms with Gasteiger partial charge in [0.2, 0.25) is 5.82 Å². The molecule has 0 spiro atoms. The lowest BCUT2D eigenvalue weighted by Gasteiger charge is -2.29. The van der Waals surface area contributed by atoms with E-state index in [-0.39, 0.29) is 17.9 Å². The van der Waals surface area contributed by atoms with Gasteiger partial charge in [-0.2, -0.15) is 4.39 Å². The van der Waals surface area contributed by atoms with Crippen molar-refractivity contribution in [3.05, 3.63) is 48.0 Å². The molecule has 2 nitrogen and oxygen atoms in total. The molecule has 5 heteroatoms. The van der Waals surface area contributed by atoms with Crippen LogP contribution in [0, 0.1) is 23.5 Å². The minimum Gasteiger partial charge on any atom is -0.494 e. The number of ether oxygens (including phenoxy) is 2. The highest BCUT2D eigenvalue weighted by atomic mass is 19.2. The fourth-order valence-electron chi connectivity index (χ4n) is 4.54. The highest BCUT2D eigenvalue weighted by Gasteiger charge is 2.24. The fraction of sp³-hybridized carbons (Fsp3) is 0.538. The first kappa shape index (κ1) is 23.5. The van der Waals surface area contributed by atoms with Crippen molar-refractivity contribution < 1.29 is 22.6 Å². The van der Waals surface area contributed by atoms with E-state index in [4.69, 9.17) is 9.47 Å². The van der Waals surface area contributed by atoms with E-state index < -0.39 is 17.8 Å². The lowest BCUT2D eigenvalue weighted by molar-refractivity contribution is 0.142. The van der Waals surface area contributed by atoms with Gasteiger partial charge in [-0.25, -0.2) is 8.78 Å². The summed E-state index contributed by atoms with van der Waals surface area (Å²) in [6.45, 7) is 4.35. The van der Waals surface area contributed by atoms with Crippen LogP contribution in [0.15, 0.2) is 36.4 Å². The van der Waals surface area contributed by atoms with Crippen molar-refractivity contribution >= 4 is 0 Å². The Labute approximate surface area is 183 Å². The van der Waals surface area contributed by atoms with E-state index in [0.29, 0.717) is 30.3 Å². The zero-order chi connectivity index (χ0) is 22.2. The van der Waals surface area contributed by atoms with Crippen LogP contribution >= 0.6 is 0 Å². The van der Waals surface area contributed by atoms with Gasteiger partial charge >= 0.3 is 0 Å². The summed E-state index contributed by atoms with van der Waals surface area (Å²) in [4.78, 5) is 0. The molecule has 1 aliphatic carbocycles. The molecule has 0 saturated heterocycles. The summed E-state index contributed by atoms with van der Waals surface area (Å²) in [5, 5.41) is 0. The molecule has 0 amide bonds. The normalized spacial score (nSPS) is 19.8. The third-order valence-corrected chi connectivity index (χ3v) is 6.20. The Morgan fingerprint density at radius 1 is 0.871 bits per heavy atom. The number of rotatable bonds is 10. The number of hydrogen-bond acceptors (Lipinski definition) is 2. The first-order chi connectivity index (χ1) is 15.0. The van der Waals surface area contributed by atoms with Crippen LogP contribution in [0.5, 0.6) is 11.5 Å².